The van der Waals surface area contributed by atoms with Crippen molar-refractivity contribution in [2.75, 3.05) is 55.8 Å². The summed E-state index contributed by atoms with van der Waals surface area (Å²) in [6.07, 6.45) is -13.9. The Labute approximate surface area is 552 Å². The Balaban J connectivity index is 0.762. The monoisotopic (exact) mass is 1430 g/mol. The summed E-state index contributed by atoms with van der Waals surface area (Å²) in [6, 6.07) is 1.86. The molecule has 4 fully saturated rings. The van der Waals surface area contributed by atoms with E-state index in [1.54, 1.807) is 13.8 Å². The molecule has 3 unspecified atom stereocenters. The van der Waals surface area contributed by atoms with Crippen LogP contribution in [0.4, 0.5) is 44.9 Å². The Morgan fingerprint density at radius 2 is 1.36 bits per heavy atom. The molecule has 0 saturated carbocycles. The maximum Gasteiger partial charge on any atom is 0.412 e. The molecule has 4 aromatic heterocycles. The number of hydrogen-bond acceptors (Lipinski definition) is 25. The Kier molecular flexibility index (Phi) is 23.7. The van der Waals surface area contributed by atoms with Crippen molar-refractivity contribution in [3.05, 3.63) is 55.1 Å². The summed E-state index contributed by atoms with van der Waals surface area (Å²) in [5, 5.41) is 24.2. The minimum Gasteiger partial charge on any atom is -0.481 e. The number of alkyl halides is 3. The first kappa shape index (κ1) is 72.3. The number of nitrogen functional groups attached to an aromatic ring is 1. The lowest BCUT2D eigenvalue weighted by Gasteiger charge is -2.29. The normalized spacial score (nSPS) is 26.8. The highest BCUT2D eigenvalue weighted by molar-refractivity contribution is 8.07. The van der Waals surface area contributed by atoms with Crippen LogP contribution in [0.3, 0.4) is 0 Å². The molecule has 0 radical (unpaired) electrons. The standard InChI is InChI=1S/C53H68F3N17O19P2S2/c1-24(2)37(69-33(74)10-12-59-46(77)25(3)13-34(75)76)48(79)68-30(5-4-11-60-51(58)80)47(78)67-28-8-6-26(7-9-28)16-86-53(82)71-15-27(54)14-29(71)17-85-52(81)70-43-39-45(64-21-62-43)73(23-66-39)50-36(56)41-32(90-50)19-88-93(83,95)91-40-31(18-87-94(84,96)92-41)89-49(35(40)55)72-22-65-38-42(57)61-20-63-44(38)72/h6-9,20-25,27,29-32,35-37,40-41,49-50H,4-5,10-19H2,1-3H3,(H,59,77)(H,67,78)(H,68,79)(H,69,74)(H,75,76)(H,83,95)(H,84,96)(H2,57,61,63)(H3,58,60,80)(H,62,64,70,81)/t25?,27-,29-,30-,31+,32+,35+,36+,37-,40+,41+,49+,50+,93?,94?/m0/s1. The minimum atomic E-state index is -4.46. The fourth-order valence-electron chi connectivity index (χ4n) is 10.6. The van der Waals surface area contributed by atoms with Gasteiger partial charge >= 0.3 is 37.6 Å². The van der Waals surface area contributed by atoms with Crippen molar-refractivity contribution in [1.29, 1.82) is 0 Å². The minimum absolute atomic E-state index is 0.00280. The van der Waals surface area contributed by atoms with Gasteiger partial charge in [0.25, 0.3) is 0 Å². The fraction of sp³-hybridized carbons (Fsp3) is 0.547. The van der Waals surface area contributed by atoms with Crippen LogP contribution in [0, 0.1) is 11.8 Å². The summed E-state index contributed by atoms with van der Waals surface area (Å²) in [4.78, 5) is 149. The Morgan fingerprint density at radius 3 is 1.97 bits per heavy atom. The molecular weight excluding hydrogens is 1360 g/mol. The van der Waals surface area contributed by atoms with Crippen LogP contribution in [0.1, 0.15) is 70.9 Å². The summed E-state index contributed by atoms with van der Waals surface area (Å²) in [5.41, 5.74) is 11.8. The number of benzene rings is 1. The van der Waals surface area contributed by atoms with Crippen LogP contribution in [0.5, 0.6) is 0 Å². The number of ether oxygens (including phenoxy) is 4. The van der Waals surface area contributed by atoms with Crippen molar-refractivity contribution in [2.24, 2.45) is 17.6 Å². The first-order valence-corrected chi connectivity index (χ1v) is 34.8. The van der Waals surface area contributed by atoms with Crippen molar-refractivity contribution < 1.29 is 103 Å². The number of nitrogens with zero attached hydrogens (tertiary/aromatic N) is 9. The number of likely N-dealkylation sites (tertiary alicyclic amines) is 1. The van der Waals surface area contributed by atoms with Gasteiger partial charge in [0.1, 0.15) is 74.1 Å². The van der Waals surface area contributed by atoms with Gasteiger partial charge in [0.05, 0.1) is 44.9 Å². The zero-order chi connectivity index (χ0) is 69.3. The van der Waals surface area contributed by atoms with Crippen molar-refractivity contribution in [2.45, 2.75) is 133 Å². The molecule has 4 saturated heterocycles. The van der Waals surface area contributed by atoms with Crippen molar-refractivity contribution in [3.63, 3.8) is 0 Å². The van der Waals surface area contributed by atoms with E-state index in [1.807, 2.05) is 0 Å². The number of urea groups is 1. The Hall–Kier alpha value is -7.95. The van der Waals surface area contributed by atoms with Gasteiger partial charge in [0, 0.05) is 37.5 Å². The van der Waals surface area contributed by atoms with Crippen LogP contribution < -0.4 is 43.4 Å². The number of aromatic nitrogens is 8. The van der Waals surface area contributed by atoms with E-state index in [9.17, 15) is 52.5 Å². The first-order chi connectivity index (χ1) is 45.5. The second-order valence-electron chi connectivity index (χ2n) is 22.7. The topological polar surface area (TPSA) is 486 Å². The lowest BCUT2D eigenvalue weighted by atomic mass is 10.0. The highest BCUT2D eigenvalue weighted by Gasteiger charge is 2.54. The van der Waals surface area contributed by atoms with Gasteiger partial charge in [-0.2, -0.15) is 0 Å². The number of carboxylic acids is 1. The summed E-state index contributed by atoms with van der Waals surface area (Å²) < 4.78 is 95.6. The number of carbonyl (C=O) groups excluding carboxylic acids is 7. The number of nitrogens with one attached hydrogen (secondary N) is 6. The van der Waals surface area contributed by atoms with Crippen molar-refractivity contribution >= 4 is 125 Å². The average molecular weight is 1430 g/mol. The molecule has 0 aliphatic carbocycles. The zero-order valence-electron chi connectivity index (χ0n) is 51.1. The molecule has 15 atom stereocenters. The Morgan fingerprint density at radius 1 is 0.760 bits per heavy atom. The van der Waals surface area contributed by atoms with E-state index < -0.39 is 179 Å². The molecule has 96 heavy (non-hydrogen) atoms. The number of primary amides is 1. The summed E-state index contributed by atoms with van der Waals surface area (Å²) in [6.45, 7) is -6.98. The number of rotatable bonds is 23. The van der Waals surface area contributed by atoms with Crippen LogP contribution in [0.15, 0.2) is 49.6 Å². The molecule has 5 aromatic rings. The predicted octanol–water partition coefficient (Wildman–Crippen LogP) is 1.90. The number of imidazole rings is 2. The van der Waals surface area contributed by atoms with Gasteiger partial charge < -0.3 is 80.9 Å². The first-order valence-electron chi connectivity index (χ1n) is 29.6. The molecule has 43 heteroatoms. The van der Waals surface area contributed by atoms with Crippen LogP contribution in [-0.2, 0) is 91.2 Å². The van der Waals surface area contributed by atoms with E-state index in [2.05, 4.69) is 61.8 Å². The highest BCUT2D eigenvalue weighted by atomic mass is 32.5. The van der Waals surface area contributed by atoms with Crippen LogP contribution in [0.2, 0.25) is 0 Å². The third-order valence-electron chi connectivity index (χ3n) is 15.4. The number of amides is 8. The third-order valence-corrected chi connectivity index (χ3v) is 18.5. The van der Waals surface area contributed by atoms with E-state index >= 15 is 8.78 Å². The number of aliphatic carboxylic acids is 1. The number of halogens is 3. The summed E-state index contributed by atoms with van der Waals surface area (Å²) >= 11 is 10.5. The lowest BCUT2D eigenvalue weighted by Crippen LogP contribution is -2.54. The van der Waals surface area contributed by atoms with Gasteiger partial charge in [0.15, 0.2) is 53.2 Å². The molecule has 522 valence electrons. The quantitative estimate of drug-likeness (QED) is 0.0328. The van der Waals surface area contributed by atoms with Crippen LogP contribution in [0.25, 0.3) is 22.3 Å². The lowest BCUT2D eigenvalue weighted by molar-refractivity contribution is -0.140. The number of carbonyl (C=O) groups is 8. The van der Waals surface area contributed by atoms with E-state index in [4.69, 9.17) is 77.2 Å². The zero-order valence-corrected chi connectivity index (χ0v) is 54.5. The second kappa shape index (κ2) is 31.5. The molecule has 9 rings (SSSR count). The van der Waals surface area contributed by atoms with E-state index in [-0.39, 0.29) is 85.0 Å². The number of hydrogen-bond donors (Lipinski definition) is 11. The number of nitrogens with two attached hydrogens (primary N) is 2. The van der Waals surface area contributed by atoms with Crippen molar-refractivity contribution in [1.82, 2.24) is 65.2 Å². The fourth-order valence-corrected chi connectivity index (χ4v) is 13.5. The smallest absolute Gasteiger partial charge is 0.412 e. The second-order valence-corrected chi connectivity index (χ2v) is 28.3. The van der Waals surface area contributed by atoms with Crippen LogP contribution >= 0.6 is 13.4 Å². The van der Waals surface area contributed by atoms with Crippen molar-refractivity contribution in [3.8, 4) is 0 Å². The van der Waals surface area contributed by atoms with Gasteiger partial charge in [-0.25, -0.2) is 57.5 Å². The van der Waals surface area contributed by atoms with Gasteiger partial charge in [0.2, 0.25) is 23.6 Å². The van der Waals surface area contributed by atoms with Gasteiger partial charge in [-0.05, 0) is 60.1 Å². The SMILES string of the molecule is CC(CC(=O)O)C(=O)NCCC(=O)N[C@H](C(=O)N[C@@H](CCCNC(N)=O)C(=O)Nc1ccc(COC(=O)N2C[C@@H](F)C[C@H]2COC(=O)Nc2ncnc3c2ncn3[C@@H]2O[C@@H]3COP(O)(=S)O[C@H]4[C@@H](F)[C@H](n5cnc6c(N)ncnc65)O[C@@H]4COP(O)(=S)O[C@H]3[C@H]2F)cc1)C(C)C. The molecule has 8 amide bonds. The maximum absolute atomic E-state index is 16.8. The molecule has 4 aliphatic rings. The van der Waals surface area contributed by atoms with Gasteiger partial charge in [-0.3, -0.25) is 52.4 Å². The largest absolute Gasteiger partial charge is 0.481 e. The maximum atomic E-state index is 16.8. The van der Waals surface area contributed by atoms with Crippen LogP contribution in [-0.4, -0.2) is 207 Å². The molecular formula is C53H68F3N17O19P2S2. The third kappa shape index (κ3) is 18.2. The molecule has 4 aliphatic heterocycles. The van der Waals surface area contributed by atoms with E-state index in [0.29, 0.717) is 5.56 Å². The highest BCUT2D eigenvalue weighted by Crippen LogP contribution is 2.55. The van der Waals surface area contributed by atoms with E-state index in [1.165, 1.54) is 42.1 Å². The molecule has 13 N–H and O–H groups in total. The molecule has 36 nitrogen and oxygen atoms in total. The molecule has 0 spiro atoms. The number of anilines is 3. The van der Waals surface area contributed by atoms with Gasteiger partial charge in [-0.1, -0.05) is 32.9 Å². The van der Waals surface area contributed by atoms with E-state index in [0.717, 1.165) is 28.4 Å². The summed E-state index contributed by atoms with van der Waals surface area (Å²) in [7, 11) is 0. The number of fused-ring (bicyclic) bond motifs is 4. The Bertz CT molecular complexity index is 3800. The molecule has 8 heterocycles. The molecule has 0 bridgehead atoms. The molecule has 1 aromatic carbocycles. The predicted molar refractivity (Wildman–Crippen MR) is 332 cm³/mol. The van der Waals surface area contributed by atoms with Gasteiger partial charge in [-0.15, -0.1) is 0 Å². The summed E-state index contributed by atoms with van der Waals surface area (Å²) in [5.74, 6) is -5.28. The average Bonchev–Trinajstić information content (AvgIpc) is 1.62. The number of carboxylic acid groups (broad SMARTS) is 1.